The smallest absolute Gasteiger partial charge is 0.240 e. The van der Waals surface area contributed by atoms with E-state index >= 15 is 0 Å². The second kappa shape index (κ2) is 9.62. The van der Waals surface area contributed by atoms with Crippen LogP contribution >= 0.6 is 0 Å². The van der Waals surface area contributed by atoms with Crippen LogP contribution in [0.1, 0.15) is 17.3 Å². The molecule has 0 amide bonds. The minimum atomic E-state index is -0.252. The monoisotopic (exact) mass is 396 g/mol. The zero-order valence-electron chi connectivity index (χ0n) is 16.3. The van der Waals surface area contributed by atoms with Gasteiger partial charge in [0.1, 0.15) is 18.2 Å². The molecule has 152 valence electrons. The summed E-state index contributed by atoms with van der Waals surface area (Å²) in [4.78, 5) is 9.17. The van der Waals surface area contributed by atoms with E-state index in [-0.39, 0.29) is 5.82 Å². The molecule has 0 bridgehead atoms. The van der Waals surface area contributed by atoms with Crippen molar-refractivity contribution < 1.29 is 13.7 Å². The minimum absolute atomic E-state index is 0.252. The molecule has 1 fully saturated rings. The van der Waals surface area contributed by atoms with E-state index in [0.717, 1.165) is 44.0 Å². The van der Waals surface area contributed by atoms with Gasteiger partial charge in [-0.15, -0.1) is 0 Å². The Morgan fingerprint density at radius 3 is 2.55 bits per heavy atom. The standard InChI is InChI=1S/C22H25FN4O2/c23-19-6-4-5-18(15-19)16-21-24-22(29-25-21)17-27-11-9-26(10-12-27)13-14-28-20-7-2-1-3-8-20/h1-8,15H,9-14,16-17H2. The van der Waals surface area contributed by atoms with Gasteiger partial charge < -0.3 is 9.26 Å². The third kappa shape index (κ3) is 5.85. The molecule has 0 saturated carbocycles. The summed E-state index contributed by atoms with van der Waals surface area (Å²) in [5, 5.41) is 4.03. The highest BCUT2D eigenvalue weighted by molar-refractivity contribution is 5.21. The Labute approximate surface area is 169 Å². The number of hydrogen-bond donors (Lipinski definition) is 0. The molecule has 0 spiro atoms. The molecule has 0 N–H and O–H groups in total. The Balaban J connectivity index is 1.18. The summed E-state index contributed by atoms with van der Waals surface area (Å²) < 4.78 is 24.5. The van der Waals surface area contributed by atoms with Crippen molar-refractivity contribution >= 4 is 0 Å². The van der Waals surface area contributed by atoms with Crippen LogP contribution in [0.15, 0.2) is 59.1 Å². The SMILES string of the molecule is Fc1cccc(Cc2noc(CN3CCN(CCOc4ccccc4)CC3)n2)c1. The molecule has 29 heavy (non-hydrogen) atoms. The maximum atomic E-state index is 13.3. The van der Waals surface area contributed by atoms with E-state index in [1.54, 1.807) is 6.07 Å². The largest absolute Gasteiger partial charge is 0.492 e. The van der Waals surface area contributed by atoms with Gasteiger partial charge in [-0.25, -0.2) is 4.39 Å². The molecular weight excluding hydrogens is 371 g/mol. The van der Waals surface area contributed by atoms with Crippen LogP contribution < -0.4 is 4.74 Å². The zero-order chi connectivity index (χ0) is 19.9. The Kier molecular flexibility index (Phi) is 6.49. The van der Waals surface area contributed by atoms with Gasteiger partial charge in [0.2, 0.25) is 5.89 Å². The molecule has 0 unspecified atom stereocenters. The number of nitrogens with zero attached hydrogens (tertiary/aromatic N) is 4. The van der Waals surface area contributed by atoms with Gasteiger partial charge >= 0.3 is 0 Å². The van der Waals surface area contributed by atoms with Crippen molar-refractivity contribution in [3.63, 3.8) is 0 Å². The van der Waals surface area contributed by atoms with Crippen LogP contribution in [0.4, 0.5) is 4.39 Å². The van der Waals surface area contributed by atoms with Crippen LogP contribution in [-0.2, 0) is 13.0 Å². The minimum Gasteiger partial charge on any atom is -0.492 e. The van der Waals surface area contributed by atoms with E-state index in [0.29, 0.717) is 31.3 Å². The average molecular weight is 396 g/mol. The first-order valence-corrected chi connectivity index (χ1v) is 9.93. The molecule has 0 radical (unpaired) electrons. The summed E-state index contributed by atoms with van der Waals surface area (Å²) in [6.07, 6.45) is 0.469. The summed E-state index contributed by atoms with van der Waals surface area (Å²) >= 11 is 0. The topological polar surface area (TPSA) is 54.6 Å². The second-order valence-corrected chi connectivity index (χ2v) is 7.19. The van der Waals surface area contributed by atoms with Crippen molar-refractivity contribution in [1.29, 1.82) is 0 Å². The van der Waals surface area contributed by atoms with E-state index < -0.39 is 0 Å². The predicted molar refractivity (Wildman–Crippen MR) is 107 cm³/mol. The van der Waals surface area contributed by atoms with Crippen molar-refractivity contribution in [1.82, 2.24) is 19.9 Å². The van der Waals surface area contributed by atoms with Crippen molar-refractivity contribution in [3.8, 4) is 5.75 Å². The Hall–Kier alpha value is -2.77. The number of hydrogen-bond acceptors (Lipinski definition) is 6. The fourth-order valence-electron chi connectivity index (χ4n) is 3.43. The molecule has 1 aliphatic rings. The number of benzene rings is 2. The lowest BCUT2D eigenvalue weighted by molar-refractivity contribution is 0.104. The molecule has 1 saturated heterocycles. The number of rotatable bonds is 8. The highest BCUT2D eigenvalue weighted by atomic mass is 19.1. The van der Waals surface area contributed by atoms with Crippen LogP contribution in [0.5, 0.6) is 5.75 Å². The fourth-order valence-corrected chi connectivity index (χ4v) is 3.43. The summed E-state index contributed by atoms with van der Waals surface area (Å²) in [6.45, 7) is 6.13. The van der Waals surface area contributed by atoms with E-state index in [4.69, 9.17) is 9.26 Å². The van der Waals surface area contributed by atoms with Gasteiger partial charge in [-0.05, 0) is 29.8 Å². The predicted octanol–water partition coefficient (Wildman–Crippen LogP) is 3.00. The van der Waals surface area contributed by atoms with E-state index in [2.05, 4.69) is 19.9 Å². The van der Waals surface area contributed by atoms with Gasteiger partial charge in [0, 0.05) is 39.1 Å². The maximum absolute atomic E-state index is 13.3. The molecule has 7 heteroatoms. The number of halogens is 1. The third-order valence-corrected chi connectivity index (χ3v) is 5.00. The summed E-state index contributed by atoms with van der Waals surface area (Å²) in [6, 6.07) is 16.4. The summed E-state index contributed by atoms with van der Waals surface area (Å²) in [7, 11) is 0. The average Bonchev–Trinajstić information content (AvgIpc) is 3.17. The van der Waals surface area contributed by atoms with Gasteiger partial charge in [0.05, 0.1) is 6.54 Å². The van der Waals surface area contributed by atoms with E-state index in [9.17, 15) is 4.39 Å². The summed E-state index contributed by atoms with van der Waals surface area (Å²) in [5.41, 5.74) is 0.837. The number of aromatic nitrogens is 2. The number of piperazine rings is 1. The molecule has 0 aliphatic carbocycles. The first-order valence-electron chi connectivity index (χ1n) is 9.93. The highest BCUT2D eigenvalue weighted by Crippen LogP contribution is 2.12. The number of ether oxygens (including phenoxy) is 1. The highest BCUT2D eigenvalue weighted by Gasteiger charge is 2.19. The van der Waals surface area contributed by atoms with Crippen molar-refractivity contribution in [2.75, 3.05) is 39.3 Å². The zero-order valence-corrected chi connectivity index (χ0v) is 16.3. The van der Waals surface area contributed by atoms with Crippen LogP contribution in [0, 0.1) is 5.82 Å². The van der Waals surface area contributed by atoms with Crippen molar-refractivity contribution in [3.05, 3.63) is 77.7 Å². The Morgan fingerprint density at radius 1 is 0.966 bits per heavy atom. The van der Waals surface area contributed by atoms with Crippen LogP contribution in [0.2, 0.25) is 0 Å². The molecule has 4 rings (SSSR count). The molecule has 6 nitrogen and oxygen atoms in total. The van der Waals surface area contributed by atoms with Gasteiger partial charge in [-0.3, -0.25) is 9.80 Å². The Morgan fingerprint density at radius 2 is 1.76 bits per heavy atom. The van der Waals surface area contributed by atoms with Crippen LogP contribution in [-0.4, -0.2) is 59.3 Å². The first-order chi connectivity index (χ1) is 14.2. The summed E-state index contributed by atoms with van der Waals surface area (Å²) in [5.74, 6) is 1.86. The normalized spacial score (nSPS) is 15.5. The molecule has 1 aliphatic heterocycles. The van der Waals surface area contributed by atoms with E-state index in [1.807, 2.05) is 36.4 Å². The quantitative estimate of drug-likeness (QED) is 0.584. The first kappa shape index (κ1) is 19.5. The van der Waals surface area contributed by atoms with Crippen LogP contribution in [0.25, 0.3) is 0 Å². The molecule has 2 aromatic carbocycles. The van der Waals surface area contributed by atoms with Crippen molar-refractivity contribution in [2.24, 2.45) is 0 Å². The molecular formula is C22H25FN4O2. The van der Waals surface area contributed by atoms with E-state index in [1.165, 1.54) is 12.1 Å². The maximum Gasteiger partial charge on any atom is 0.240 e. The lowest BCUT2D eigenvalue weighted by Gasteiger charge is -2.33. The van der Waals surface area contributed by atoms with Gasteiger partial charge in [0.25, 0.3) is 0 Å². The number of para-hydroxylation sites is 1. The lowest BCUT2D eigenvalue weighted by atomic mass is 10.1. The Bertz CT molecular complexity index is 895. The molecule has 0 atom stereocenters. The third-order valence-electron chi connectivity index (χ3n) is 5.00. The molecule has 3 aromatic rings. The van der Waals surface area contributed by atoms with Crippen molar-refractivity contribution in [2.45, 2.75) is 13.0 Å². The van der Waals surface area contributed by atoms with Gasteiger partial charge in [-0.2, -0.15) is 4.98 Å². The second-order valence-electron chi connectivity index (χ2n) is 7.19. The fraction of sp³-hybridized carbons (Fsp3) is 0.364. The molecule has 2 heterocycles. The van der Waals surface area contributed by atoms with Gasteiger partial charge in [-0.1, -0.05) is 35.5 Å². The lowest BCUT2D eigenvalue weighted by Crippen LogP contribution is -2.47. The van der Waals surface area contributed by atoms with Crippen LogP contribution in [0.3, 0.4) is 0 Å². The molecule has 1 aromatic heterocycles. The van der Waals surface area contributed by atoms with Gasteiger partial charge in [0.15, 0.2) is 5.82 Å².